The molecule has 0 radical (unpaired) electrons. The minimum absolute atomic E-state index is 0.251. The lowest BCUT2D eigenvalue weighted by molar-refractivity contribution is -0.617. The van der Waals surface area contributed by atoms with E-state index in [0.717, 1.165) is 26.5 Å². The van der Waals surface area contributed by atoms with Crippen molar-refractivity contribution in [2.24, 2.45) is 7.05 Å². The maximum absolute atomic E-state index is 13.4. The smallest absolute Gasteiger partial charge is 0.345 e. The average Bonchev–Trinajstić information content (AvgIpc) is 3.22. The van der Waals surface area contributed by atoms with Crippen LogP contribution in [0.4, 0.5) is 0 Å². The fourth-order valence-electron chi connectivity index (χ4n) is 4.37. The maximum Gasteiger partial charge on any atom is 0.345 e. The summed E-state index contributed by atoms with van der Waals surface area (Å²) in [4.78, 5) is 30.5. The number of aromatic hydroxyl groups is 2. The van der Waals surface area contributed by atoms with E-state index >= 15 is 0 Å². The quantitative estimate of drug-likeness (QED) is 0.136. The Labute approximate surface area is 210 Å². The number of carboxylic acids is 1. The number of pyridine rings is 1. The number of aliphatic carboxylic acids is 1. The highest BCUT2D eigenvalue weighted by Gasteiger charge is 2.25. The molecule has 0 saturated carbocycles. The molecule has 9 nitrogen and oxygen atoms in total. The molecule has 3 aromatic carbocycles. The predicted molar refractivity (Wildman–Crippen MR) is 134 cm³/mol. The van der Waals surface area contributed by atoms with Gasteiger partial charge in [-0.2, -0.15) is 4.57 Å². The molecule has 9 heteroatoms. The standard InChI is InChI=1S/C28H22N2O7/c1-29-22-8-4-2-6-19(22)26(20-7-3-5-9-23(20)29)28(35)37-18-12-10-17(11-13-18)21(27(33)34)16-36-30-24(31)14-15-25(30)32/h2-15,21H,16H2,1H3,(H2,33,34,35)/p+1. The summed E-state index contributed by atoms with van der Waals surface area (Å²) >= 11 is 0. The van der Waals surface area contributed by atoms with Crippen LogP contribution in [-0.2, 0) is 11.8 Å². The number of aryl methyl sites for hydroxylation is 1. The van der Waals surface area contributed by atoms with Gasteiger partial charge in [0.1, 0.15) is 25.3 Å². The van der Waals surface area contributed by atoms with Crippen molar-refractivity contribution in [3.63, 3.8) is 0 Å². The fourth-order valence-corrected chi connectivity index (χ4v) is 4.37. The van der Waals surface area contributed by atoms with Crippen LogP contribution in [0.15, 0.2) is 84.9 Å². The summed E-state index contributed by atoms with van der Waals surface area (Å²) in [6.45, 7) is -0.358. The Bertz CT molecular complexity index is 1560. The molecule has 5 aromatic rings. The Morgan fingerprint density at radius 3 is 1.92 bits per heavy atom. The van der Waals surface area contributed by atoms with Crippen molar-refractivity contribution in [3.05, 3.63) is 96.1 Å². The van der Waals surface area contributed by atoms with Gasteiger partial charge in [-0.15, -0.1) is 4.73 Å². The first-order valence-electron chi connectivity index (χ1n) is 11.4. The van der Waals surface area contributed by atoms with Gasteiger partial charge in [0.25, 0.3) is 0 Å². The molecule has 0 amide bonds. The number of aromatic nitrogens is 2. The van der Waals surface area contributed by atoms with E-state index in [1.165, 1.54) is 36.4 Å². The largest absolute Gasteiger partial charge is 0.492 e. The van der Waals surface area contributed by atoms with Gasteiger partial charge < -0.3 is 24.9 Å². The van der Waals surface area contributed by atoms with Crippen LogP contribution in [0.3, 0.4) is 0 Å². The fraction of sp³-hybridized carbons (Fsp3) is 0.107. The van der Waals surface area contributed by atoms with Crippen LogP contribution in [-0.4, -0.2) is 38.6 Å². The normalized spacial score (nSPS) is 11.9. The van der Waals surface area contributed by atoms with Gasteiger partial charge >= 0.3 is 11.9 Å². The van der Waals surface area contributed by atoms with Crippen molar-refractivity contribution in [1.29, 1.82) is 0 Å². The highest BCUT2D eigenvalue weighted by atomic mass is 16.7. The average molecular weight is 499 g/mol. The maximum atomic E-state index is 13.4. The van der Waals surface area contributed by atoms with E-state index in [0.29, 0.717) is 11.1 Å². The molecular weight excluding hydrogens is 476 g/mol. The summed E-state index contributed by atoms with van der Waals surface area (Å²) in [6.07, 6.45) is 0. The molecule has 2 heterocycles. The monoisotopic (exact) mass is 499 g/mol. The molecule has 0 aliphatic carbocycles. The summed E-state index contributed by atoms with van der Waals surface area (Å²) in [6, 6.07) is 23.7. The van der Waals surface area contributed by atoms with Gasteiger partial charge in [-0.05, 0) is 29.8 Å². The second-order valence-electron chi connectivity index (χ2n) is 8.46. The second kappa shape index (κ2) is 9.54. The number of fused-ring (bicyclic) bond motifs is 2. The Morgan fingerprint density at radius 1 is 0.838 bits per heavy atom. The molecule has 1 atom stereocenters. The van der Waals surface area contributed by atoms with Crippen LogP contribution in [0.25, 0.3) is 21.8 Å². The molecule has 0 saturated heterocycles. The van der Waals surface area contributed by atoms with Crippen molar-refractivity contribution < 1.29 is 39.1 Å². The Morgan fingerprint density at radius 2 is 1.38 bits per heavy atom. The summed E-state index contributed by atoms with van der Waals surface area (Å²) in [5.41, 5.74) is 2.60. The molecule has 37 heavy (non-hydrogen) atoms. The minimum atomic E-state index is -1.16. The van der Waals surface area contributed by atoms with E-state index in [4.69, 9.17) is 9.57 Å². The number of rotatable bonds is 7. The molecule has 0 fully saturated rings. The highest BCUT2D eigenvalue weighted by Crippen LogP contribution is 2.27. The molecule has 0 bridgehead atoms. The van der Waals surface area contributed by atoms with E-state index in [2.05, 4.69) is 0 Å². The molecule has 3 N–H and O–H groups in total. The van der Waals surface area contributed by atoms with Gasteiger partial charge in [-0.3, -0.25) is 4.79 Å². The number of carboxylic acid groups (broad SMARTS) is 1. The van der Waals surface area contributed by atoms with E-state index in [1.54, 1.807) is 0 Å². The van der Waals surface area contributed by atoms with Crippen molar-refractivity contribution >= 4 is 33.7 Å². The lowest BCUT2D eigenvalue weighted by atomic mass is 10.00. The van der Waals surface area contributed by atoms with Gasteiger partial charge in [0, 0.05) is 24.3 Å². The Hall–Kier alpha value is -5.05. The molecule has 0 spiro atoms. The van der Waals surface area contributed by atoms with Gasteiger partial charge in [0.05, 0.1) is 16.3 Å². The topological polar surface area (TPSA) is 122 Å². The minimum Gasteiger partial charge on any atom is -0.492 e. The Kier molecular flexibility index (Phi) is 6.10. The zero-order chi connectivity index (χ0) is 26.1. The molecule has 0 aliphatic rings. The molecule has 5 rings (SSSR count). The third-order valence-electron chi connectivity index (χ3n) is 6.23. The molecular formula is C28H23N2O7+. The SMILES string of the molecule is C[n+]1c2ccccc2c(C(=O)Oc2ccc(C(COn3c(O)ccc3O)C(=O)O)cc2)c2ccccc21. The lowest BCUT2D eigenvalue weighted by Gasteiger charge is -2.15. The van der Waals surface area contributed by atoms with Crippen molar-refractivity contribution in [3.8, 4) is 17.5 Å². The van der Waals surface area contributed by atoms with Gasteiger partial charge in [-0.1, -0.05) is 36.4 Å². The lowest BCUT2D eigenvalue weighted by Crippen LogP contribution is -2.31. The van der Waals surface area contributed by atoms with Crippen LogP contribution in [0.5, 0.6) is 17.5 Å². The molecule has 186 valence electrons. The van der Waals surface area contributed by atoms with E-state index in [1.807, 2.05) is 60.1 Å². The third kappa shape index (κ3) is 4.38. The van der Waals surface area contributed by atoms with E-state index < -0.39 is 17.9 Å². The number of carbonyl (C=O) groups excluding carboxylic acids is 1. The van der Waals surface area contributed by atoms with Crippen molar-refractivity contribution in [1.82, 2.24) is 4.73 Å². The Balaban J connectivity index is 1.41. The van der Waals surface area contributed by atoms with Crippen LogP contribution < -0.4 is 14.1 Å². The summed E-state index contributed by atoms with van der Waals surface area (Å²) in [5, 5.41) is 30.6. The highest BCUT2D eigenvalue weighted by molar-refractivity contribution is 6.13. The number of hydrogen-bond acceptors (Lipinski definition) is 6. The summed E-state index contributed by atoms with van der Waals surface area (Å²) < 4.78 is 8.47. The number of hydrogen-bond donors (Lipinski definition) is 3. The zero-order valence-corrected chi connectivity index (χ0v) is 19.7. The number of carbonyl (C=O) groups is 2. The molecule has 2 aromatic heterocycles. The first-order valence-corrected chi connectivity index (χ1v) is 11.4. The van der Waals surface area contributed by atoms with E-state index in [-0.39, 0.29) is 24.1 Å². The van der Waals surface area contributed by atoms with Crippen LogP contribution in [0, 0.1) is 0 Å². The van der Waals surface area contributed by atoms with Crippen molar-refractivity contribution in [2.45, 2.75) is 5.92 Å². The van der Waals surface area contributed by atoms with Crippen molar-refractivity contribution in [2.75, 3.05) is 6.61 Å². The summed E-state index contributed by atoms with van der Waals surface area (Å²) in [7, 11) is 1.94. The predicted octanol–water partition coefficient (Wildman–Crippen LogP) is 3.55. The summed E-state index contributed by atoms with van der Waals surface area (Å²) in [5.74, 6) is -3.27. The first kappa shape index (κ1) is 23.7. The number of nitrogens with zero attached hydrogens (tertiary/aromatic N) is 2. The number of ether oxygens (including phenoxy) is 1. The number of esters is 1. The van der Waals surface area contributed by atoms with Crippen LogP contribution in [0.2, 0.25) is 0 Å². The van der Waals surface area contributed by atoms with Gasteiger partial charge in [-0.25, -0.2) is 4.79 Å². The van der Waals surface area contributed by atoms with E-state index in [9.17, 15) is 24.9 Å². The first-order chi connectivity index (χ1) is 17.8. The van der Waals surface area contributed by atoms with Gasteiger partial charge in [0.2, 0.25) is 22.8 Å². The van der Waals surface area contributed by atoms with Crippen LogP contribution in [0.1, 0.15) is 21.8 Å². The number of para-hydroxylation sites is 2. The number of benzene rings is 3. The second-order valence-corrected chi connectivity index (χ2v) is 8.46. The molecule has 1 unspecified atom stereocenters. The third-order valence-corrected chi connectivity index (χ3v) is 6.23. The van der Waals surface area contributed by atoms with Gasteiger partial charge in [0.15, 0.2) is 0 Å². The molecule has 0 aliphatic heterocycles. The zero-order valence-electron chi connectivity index (χ0n) is 19.7. The van der Waals surface area contributed by atoms with Crippen LogP contribution >= 0.6 is 0 Å².